The Morgan fingerprint density at radius 2 is 1.83 bits per heavy atom. The zero-order valence-corrected chi connectivity index (χ0v) is 17.4. The maximum absolute atomic E-state index is 12.9. The highest BCUT2D eigenvalue weighted by Gasteiger charge is 2.15. The van der Waals surface area contributed by atoms with Crippen molar-refractivity contribution in [3.8, 4) is 17.2 Å². The molecule has 0 fully saturated rings. The first kappa shape index (κ1) is 20.5. The van der Waals surface area contributed by atoms with E-state index in [1.807, 2.05) is 29.6 Å². The first-order chi connectivity index (χ1) is 14.1. The average Bonchev–Trinajstić information content (AvgIpc) is 3.44. The number of carbonyl (C=O) groups excluding carboxylic acids is 1. The largest absolute Gasteiger partial charge is 0.493 e. The maximum atomic E-state index is 12.9. The molecule has 152 valence electrons. The van der Waals surface area contributed by atoms with Gasteiger partial charge in [0, 0.05) is 11.0 Å². The van der Waals surface area contributed by atoms with Gasteiger partial charge in [-0.1, -0.05) is 6.07 Å². The first-order valence-electron chi connectivity index (χ1n) is 8.96. The number of benzene rings is 1. The summed E-state index contributed by atoms with van der Waals surface area (Å²) in [6.07, 6.45) is 4.88. The molecule has 0 N–H and O–H groups in total. The number of hydrogen-bond acceptors (Lipinski definition) is 6. The smallest absolute Gasteiger partial charge is 0.247 e. The molecule has 0 aliphatic carbocycles. The molecule has 1 aromatic carbocycles. The van der Waals surface area contributed by atoms with Gasteiger partial charge in [0.2, 0.25) is 11.7 Å². The molecule has 6 nitrogen and oxygen atoms in total. The summed E-state index contributed by atoms with van der Waals surface area (Å²) in [7, 11) is 4.67. The van der Waals surface area contributed by atoms with Crippen molar-refractivity contribution in [3.63, 3.8) is 0 Å². The van der Waals surface area contributed by atoms with Gasteiger partial charge < -0.3 is 23.5 Å². The molecule has 0 radical (unpaired) electrons. The molecular weight excluding hydrogens is 390 g/mol. The zero-order chi connectivity index (χ0) is 20.6. The van der Waals surface area contributed by atoms with Crippen molar-refractivity contribution in [1.29, 1.82) is 0 Å². The van der Waals surface area contributed by atoms with Gasteiger partial charge in [-0.15, -0.1) is 11.3 Å². The number of amides is 1. The second-order valence-electron chi connectivity index (χ2n) is 6.15. The van der Waals surface area contributed by atoms with Crippen LogP contribution >= 0.6 is 11.3 Å². The molecule has 0 saturated carbocycles. The third-order valence-corrected chi connectivity index (χ3v) is 5.13. The summed E-state index contributed by atoms with van der Waals surface area (Å²) >= 11 is 1.61. The normalized spacial score (nSPS) is 10.9. The minimum Gasteiger partial charge on any atom is -0.493 e. The van der Waals surface area contributed by atoms with E-state index < -0.39 is 0 Å². The number of furan rings is 1. The molecule has 0 aliphatic heterocycles. The van der Waals surface area contributed by atoms with E-state index in [0.29, 0.717) is 30.3 Å². The van der Waals surface area contributed by atoms with Crippen LogP contribution in [0.25, 0.3) is 6.08 Å². The van der Waals surface area contributed by atoms with E-state index in [-0.39, 0.29) is 5.91 Å². The van der Waals surface area contributed by atoms with Gasteiger partial charge >= 0.3 is 0 Å². The predicted octanol–water partition coefficient (Wildman–Crippen LogP) is 4.61. The van der Waals surface area contributed by atoms with E-state index in [1.165, 1.54) is 6.08 Å². The van der Waals surface area contributed by atoms with E-state index in [9.17, 15) is 4.79 Å². The number of hydrogen-bond donors (Lipinski definition) is 0. The molecule has 0 spiro atoms. The van der Waals surface area contributed by atoms with Crippen LogP contribution in [0.1, 0.15) is 16.2 Å². The number of methoxy groups -OCH3 is 3. The molecule has 3 rings (SSSR count). The highest BCUT2D eigenvalue weighted by atomic mass is 32.1. The van der Waals surface area contributed by atoms with Crippen molar-refractivity contribution >= 4 is 23.3 Å². The summed E-state index contributed by atoms with van der Waals surface area (Å²) in [6, 6.07) is 11.2. The average molecular weight is 413 g/mol. The summed E-state index contributed by atoms with van der Waals surface area (Å²) in [5.74, 6) is 2.19. The van der Waals surface area contributed by atoms with Crippen molar-refractivity contribution in [2.24, 2.45) is 0 Å². The van der Waals surface area contributed by atoms with E-state index >= 15 is 0 Å². The number of thiophene rings is 1. The highest BCUT2D eigenvalue weighted by Crippen LogP contribution is 2.38. The molecule has 0 unspecified atom stereocenters. The number of rotatable bonds is 9. The lowest BCUT2D eigenvalue weighted by Gasteiger charge is -2.19. The van der Waals surface area contributed by atoms with Crippen LogP contribution in [0.2, 0.25) is 0 Å². The van der Waals surface area contributed by atoms with Crippen LogP contribution in [-0.2, 0) is 17.9 Å². The number of nitrogens with zero attached hydrogens (tertiary/aromatic N) is 1. The Morgan fingerprint density at radius 1 is 1.07 bits per heavy atom. The van der Waals surface area contributed by atoms with Crippen LogP contribution in [0.4, 0.5) is 0 Å². The zero-order valence-electron chi connectivity index (χ0n) is 16.6. The fourth-order valence-corrected chi connectivity index (χ4v) is 3.58. The topological polar surface area (TPSA) is 61.1 Å². The second-order valence-corrected chi connectivity index (χ2v) is 7.18. The molecule has 0 bridgehead atoms. The Kier molecular flexibility index (Phi) is 6.97. The summed E-state index contributed by atoms with van der Waals surface area (Å²) in [5, 5.41) is 2.00. The van der Waals surface area contributed by atoms with Crippen LogP contribution in [-0.4, -0.2) is 32.1 Å². The molecular formula is C22H23NO5S. The lowest BCUT2D eigenvalue weighted by Crippen LogP contribution is -2.27. The Balaban J connectivity index is 1.81. The van der Waals surface area contributed by atoms with E-state index in [0.717, 1.165) is 16.2 Å². The summed E-state index contributed by atoms with van der Waals surface area (Å²) in [4.78, 5) is 15.8. The van der Waals surface area contributed by atoms with Gasteiger partial charge in [0.05, 0.1) is 40.7 Å². The molecule has 7 heteroatoms. The lowest BCUT2D eigenvalue weighted by atomic mass is 10.1. The van der Waals surface area contributed by atoms with Crippen molar-refractivity contribution < 1.29 is 23.4 Å². The van der Waals surface area contributed by atoms with Crippen LogP contribution in [0, 0.1) is 0 Å². The molecule has 0 aliphatic rings. The monoisotopic (exact) mass is 413 g/mol. The first-order valence-corrected chi connectivity index (χ1v) is 9.84. The van der Waals surface area contributed by atoms with Gasteiger partial charge in [0.25, 0.3) is 0 Å². The van der Waals surface area contributed by atoms with Gasteiger partial charge in [-0.3, -0.25) is 4.79 Å². The van der Waals surface area contributed by atoms with Gasteiger partial charge in [-0.25, -0.2) is 0 Å². The Bertz CT molecular complexity index is 887. The SMILES string of the molecule is COc1cc(/C=C/C(=O)N(Cc2ccco2)Cc2cccs2)cc(OC)c1OC. The third kappa shape index (κ3) is 5.20. The van der Waals surface area contributed by atoms with Crippen LogP contribution in [0.5, 0.6) is 17.2 Å². The van der Waals surface area contributed by atoms with Crippen molar-refractivity contribution in [2.75, 3.05) is 21.3 Å². The quantitative estimate of drug-likeness (QED) is 0.480. The van der Waals surface area contributed by atoms with Gasteiger partial charge in [-0.2, -0.15) is 0 Å². The van der Waals surface area contributed by atoms with Gasteiger partial charge in [-0.05, 0) is 47.4 Å². The highest BCUT2D eigenvalue weighted by molar-refractivity contribution is 7.09. The molecule has 0 atom stereocenters. The fraction of sp³-hybridized carbons (Fsp3) is 0.227. The van der Waals surface area contributed by atoms with E-state index in [1.54, 1.807) is 62.0 Å². The Hall–Kier alpha value is -3.19. The maximum Gasteiger partial charge on any atom is 0.247 e. The van der Waals surface area contributed by atoms with Crippen molar-refractivity contribution in [2.45, 2.75) is 13.1 Å². The Morgan fingerprint density at radius 3 is 2.38 bits per heavy atom. The van der Waals surface area contributed by atoms with Crippen LogP contribution in [0.15, 0.2) is 58.5 Å². The van der Waals surface area contributed by atoms with E-state index in [4.69, 9.17) is 18.6 Å². The molecule has 3 aromatic rings. The minimum absolute atomic E-state index is 0.122. The molecule has 0 saturated heterocycles. The van der Waals surface area contributed by atoms with Gasteiger partial charge in [0.1, 0.15) is 5.76 Å². The van der Waals surface area contributed by atoms with Crippen molar-refractivity contribution in [3.05, 3.63) is 70.3 Å². The van der Waals surface area contributed by atoms with Crippen LogP contribution in [0.3, 0.4) is 0 Å². The third-order valence-electron chi connectivity index (χ3n) is 4.27. The van der Waals surface area contributed by atoms with Gasteiger partial charge in [0.15, 0.2) is 11.5 Å². The summed E-state index contributed by atoms with van der Waals surface area (Å²) < 4.78 is 21.5. The Labute approximate surface area is 173 Å². The minimum atomic E-state index is -0.122. The summed E-state index contributed by atoms with van der Waals surface area (Å²) in [5.41, 5.74) is 0.766. The molecule has 2 heterocycles. The van der Waals surface area contributed by atoms with E-state index in [2.05, 4.69) is 0 Å². The molecule has 2 aromatic heterocycles. The lowest BCUT2D eigenvalue weighted by molar-refractivity contribution is -0.127. The van der Waals surface area contributed by atoms with Crippen molar-refractivity contribution in [1.82, 2.24) is 4.90 Å². The predicted molar refractivity (Wildman–Crippen MR) is 112 cm³/mol. The fourth-order valence-electron chi connectivity index (χ4n) is 2.86. The van der Waals surface area contributed by atoms with Crippen LogP contribution < -0.4 is 14.2 Å². The summed E-state index contributed by atoms with van der Waals surface area (Å²) in [6.45, 7) is 0.903. The molecule has 29 heavy (non-hydrogen) atoms. The molecule has 1 amide bonds. The standard InChI is InChI=1S/C22H23NO5S/c1-25-19-12-16(13-20(26-2)22(19)27-3)8-9-21(24)23(14-17-6-4-10-28-17)15-18-7-5-11-29-18/h4-13H,14-15H2,1-3H3/b9-8+. The number of carbonyl (C=O) groups is 1. The second kappa shape index (κ2) is 9.84. The number of ether oxygens (including phenoxy) is 3.